The number of hydrogen-bond donors (Lipinski definition) is 0. The van der Waals surface area contributed by atoms with Gasteiger partial charge in [-0.05, 0) is 23.8 Å². The van der Waals surface area contributed by atoms with Crippen LogP contribution >= 0.6 is 0 Å². The molecule has 21 heavy (non-hydrogen) atoms. The Morgan fingerprint density at radius 3 is 2.62 bits per heavy atom. The van der Waals surface area contributed by atoms with Crippen molar-refractivity contribution in [2.45, 2.75) is 6.54 Å². The lowest BCUT2D eigenvalue weighted by Gasteiger charge is -2.17. The van der Waals surface area contributed by atoms with Gasteiger partial charge in [0.25, 0.3) is 11.7 Å². The monoisotopic (exact) mass is 280 g/mol. The van der Waals surface area contributed by atoms with E-state index in [-0.39, 0.29) is 17.8 Å². The highest BCUT2D eigenvalue weighted by Gasteiger charge is 2.38. The van der Waals surface area contributed by atoms with Gasteiger partial charge in [-0.1, -0.05) is 24.3 Å². The fraction of sp³-hybridized carbons (Fsp3) is 0.0625. The molecule has 0 aromatic heterocycles. The minimum Gasteiger partial charge on any atom is -0.298 e. The fourth-order valence-corrected chi connectivity index (χ4v) is 2.40. The third-order valence-corrected chi connectivity index (χ3v) is 3.41. The summed E-state index contributed by atoms with van der Waals surface area (Å²) >= 11 is 0. The van der Waals surface area contributed by atoms with Crippen molar-refractivity contribution in [1.82, 2.24) is 0 Å². The first-order valence-corrected chi connectivity index (χ1v) is 6.26. The van der Waals surface area contributed by atoms with Crippen molar-refractivity contribution in [3.8, 4) is 6.07 Å². The van der Waals surface area contributed by atoms with Gasteiger partial charge in [-0.3, -0.25) is 14.5 Å². The summed E-state index contributed by atoms with van der Waals surface area (Å²) in [5.41, 5.74) is 1.01. The smallest absolute Gasteiger partial charge is 0.298 e. The number of Topliss-reactive ketones (excluding diaryl/α,β-unsaturated/α-hetero) is 1. The molecule has 0 atom stereocenters. The zero-order valence-corrected chi connectivity index (χ0v) is 10.8. The number of carbonyl (C=O) groups is 2. The number of fused-ring (bicyclic) bond motifs is 1. The van der Waals surface area contributed by atoms with E-state index < -0.39 is 17.5 Å². The summed E-state index contributed by atoms with van der Waals surface area (Å²) in [5.74, 6) is -2.12. The molecule has 0 N–H and O–H groups in total. The fourth-order valence-electron chi connectivity index (χ4n) is 2.40. The zero-order chi connectivity index (χ0) is 15.0. The first kappa shape index (κ1) is 13.0. The average Bonchev–Trinajstić information content (AvgIpc) is 2.74. The van der Waals surface area contributed by atoms with Gasteiger partial charge >= 0.3 is 0 Å². The third kappa shape index (κ3) is 1.98. The minimum absolute atomic E-state index is 0.0117. The van der Waals surface area contributed by atoms with E-state index in [9.17, 15) is 14.0 Å². The lowest BCUT2D eigenvalue weighted by molar-refractivity contribution is -0.114. The third-order valence-electron chi connectivity index (χ3n) is 3.41. The molecule has 0 radical (unpaired) electrons. The van der Waals surface area contributed by atoms with Crippen molar-refractivity contribution in [2.75, 3.05) is 4.90 Å². The number of nitriles is 1. The Kier molecular flexibility index (Phi) is 2.99. The lowest BCUT2D eigenvalue weighted by Crippen LogP contribution is -2.29. The number of amides is 1. The van der Waals surface area contributed by atoms with Gasteiger partial charge in [-0.2, -0.15) is 5.26 Å². The molecule has 4 nitrogen and oxygen atoms in total. The van der Waals surface area contributed by atoms with Gasteiger partial charge in [0.1, 0.15) is 5.82 Å². The summed E-state index contributed by atoms with van der Waals surface area (Å²) < 4.78 is 14.0. The van der Waals surface area contributed by atoms with Crippen LogP contribution < -0.4 is 4.90 Å². The summed E-state index contributed by atoms with van der Waals surface area (Å²) in [4.78, 5) is 25.0. The van der Waals surface area contributed by atoms with Gasteiger partial charge in [-0.25, -0.2) is 4.39 Å². The quantitative estimate of drug-likeness (QED) is 0.794. The van der Waals surface area contributed by atoms with E-state index in [4.69, 9.17) is 5.26 Å². The summed E-state index contributed by atoms with van der Waals surface area (Å²) in [5, 5.41) is 9.07. The molecule has 0 unspecified atom stereocenters. The predicted octanol–water partition coefficient (Wildman–Crippen LogP) is 2.43. The van der Waals surface area contributed by atoms with Crippen LogP contribution in [0, 0.1) is 17.1 Å². The van der Waals surface area contributed by atoms with Gasteiger partial charge in [0, 0.05) is 0 Å². The Balaban J connectivity index is 2.07. The van der Waals surface area contributed by atoms with Crippen LogP contribution in [0.3, 0.4) is 0 Å². The van der Waals surface area contributed by atoms with Gasteiger partial charge in [0.2, 0.25) is 0 Å². The summed E-state index contributed by atoms with van der Waals surface area (Å²) in [6, 6.07) is 12.8. The van der Waals surface area contributed by atoms with Gasteiger partial charge < -0.3 is 0 Å². The van der Waals surface area contributed by atoms with E-state index in [1.165, 1.54) is 18.2 Å². The number of halogens is 1. The lowest BCUT2D eigenvalue weighted by atomic mass is 10.1. The van der Waals surface area contributed by atoms with E-state index >= 15 is 0 Å². The Hall–Kier alpha value is -3.00. The van der Waals surface area contributed by atoms with Crippen molar-refractivity contribution >= 4 is 17.4 Å². The van der Waals surface area contributed by atoms with Crippen molar-refractivity contribution in [3.05, 3.63) is 65.0 Å². The van der Waals surface area contributed by atoms with E-state index in [0.717, 1.165) is 4.90 Å². The van der Waals surface area contributed by atoms with Gasteiger partial charge in [-0.15, -0.1) is 0 Å². The van der Waals surface area contributed by atoms with Crippen LogP contribution in [-0.4, -0.2) is 11.7 Å². The maximum Gasteiger partial charge on any atom is 0.299 e. The molecule has 1 amide bonds. The van der Waals surface area contributed by atoms with Crippen LogP contribution in [0.4, 0.5) is 10.1 Å². The Morgan fingerprint density at radius 1 is 1.10 bits per heavy atom. The highest BCUT2D eigenvalue weighted by molar-refractivity contribution is 6.52. The Labute approximate surface area is 120 Å². The molecule has 2 aromatic carbocycles. The van der Waals surface area contributed by atoms with Crippen molar-refractivity contribution in [3.63, 3.8) is 0 Å². The van der Waals surface area contributed by atoms with Gasteiger partial charge in [0.05, 0.1) is 29.4 Å². The number of hydrogen-bond acceptors (Lipinski definition) is 3. The molecule has 5 heteroatoms. The molecule has 0 spiro atoms. The summed E-state index contributed by atoms with van der Waals surface area (Å²) in [7, 11) is 0. The van der Waals surface area contributed by atoms with Crippen LogP contribution in [0.1, 0.15) is 21.5 Å². The molecule has 0 saturated carbocycles. The molecule has 1 heterocycles. The van der Waals surface area contributed by atoms with Crippen LogP contribution in [-0.2, 0) is 11.3 Å². The van der Waals surface area contributed by atoms with Crippen molar-refractivity contribution < 1.29 is 14.0 Å². The molecule has 0 saturated heterocycles. The van der Waals surface area contributed by atoms with E-state index in [2.05, 4.69) is 0 Å². The van der Waals surface area contributed by atoms with Crippen molar-refractivity contribution in [1.29, 1.82) is 5.26 Å². The molecule has 2 aromatic rings. The Morgan fingerprint density at radius 2 is 1.86 bits per heavy atom. The molecule has 0 fully saturated rings. The number of benzene rings is 2. The molecule has 1 aliphatic rings. The standard InChI is InChI=1S/C16H9FN2O2/c17-13-7-3-6-12-14(13)19(16(21)15(12)20)9-11-5-2-1-4-10(11)8-18/h1-7H,9H2. The topological polar surface area (TPSA) is 61.2 Å². The molecular formula is C16H9FN2O2. The molecular weight excluding hydrogens is 271 g/mol. The molecule has 0 aliphatic carbocycles. The van der Waals surface area contributed by atoms with E-state index in [1.807, 2.05) is 6.07 Å². The largest absolute Gasteiger partial charge is 0.299 e. The highest BCUT2D eigenvalue weighted by Crippen LogP contribution is 2.33. The van der Waals surface area contributed by atoms with E-state index in [1.54, 1.807) is 24.3 Å². The second-order valence-corrected chi connectivity index (χ2v) is 4.63. The first-order valence-electron chi connectivity index (χ1n) is 6.26. The van der Waals surface area contributed by atoms with Crippen LogP contribution in [0.2, 0.25) is 0 Å². The van der Waals surface area contributed by atoms with Crippen LogP contribution in [0.25, 0.3) is 0 Å². The number of rotatable bonds is 2. The minimum atomic E-state index is -0.775. The van der Waals surface area contributed by atoms with Gasteiger partial charge in [0.15, 0.2) is 0 Å². The van der Waals surface area contributed by atoms with Crippen molar-refractivity contribution in [2.24, 2.45) is 0 Å². The number of carbonyl (C=O) groups excluding carboxylic acids is 2. The summed E-state index contributed by atoms with van der Waals surface area (Å²) in [6.45, 7) is -0.0117. The van der Waals surface area contributed by atoms with E-state index in [0.29, 0.717) is 11.1 Å². The number of anilines is 1. The highest BCUT2D eigenvalue weighted by atomic mass is 19.1. The SMILES string of the molecule is N#Cc1ccccc1CN1C(=O)C(=O)c2cccc(F)c21. The maximum absolute atomic E-state index is 14.0. The predicted molar refractivity (Wildman–Crippen MR) is 73.1 cm³/mol. The maximum atomic E-state index is 14.0. The van der Waals surface area contributed by atoms with Crippen LogP contribution in [0.5, 0.6) is 0 Å². The Bertz CT molecular complexity index is 808. The number of ketones is 1. The summed E-state index contributed by atoms with van der Waals surface area (Å²) in [6.07, 6.45) is 0. The second-order valence-electron chi connectivity index (χ2n) is 4.63. The average molecular weight is 280 g/mol. The molecule has 3 rings (SSSR count). The number of para-hydroxylation sites is 1. The molecule has 1 aliphatic heterocycles. The normalized spacial score (nSPS) is 13.2. The number of nitrogens with zero attached hydrogens (tertiary/aromatic N) is 2. The zero-order valence-electron chi connectivity index (χ0n) is 10.8. The van der Waals surface area contributed by atoms with Crippen LogP contribution in [0.15, 0.2) is 42.5 Å². The molecule has 0 bridgehead atoms. The second kappa shape index (κ2) is 4.84. The molecule has 102 valence electrons. The first-order chi connectivity index (χ1) is 10.1.